The summed E-state index contributed by atoms with van der Waals surface area (Å²) in [6, 6.07) is 38.3. The van der Waals surface area contributed by atoms with Gasteiger partial charge in [0.15, 0.2) is 6.29 Å². The highest BCUT2D eigenvalue weighted by Crippen LogP contribution is 2.42. The van der Waals surface area contributed by atoms with Crippen LogP contribution in [0.4, 0.5) is 0 Å². The van der Waals surface area contributed by atoms with Gasteiger partial charge in [-0.25, -0.2) is 13.1 Å². The number of sulfonamides is 1. The number of hydrogen-bond acceptors (Lipinski definition) is 7. The second-order valence-corrected chi connectivity index (χ2v) is 14.4. The first-order chi connectivity index (χ1) is 23.8. The summed E-state index contributed by atoms with van der Waals surface area (Å²) < 4.78 is 41.8. The standard InChI is InChI=1S/C40H43N3O5S/c1-29-38(27-43(2)23-21-36-14-6-7-22-41-36)47-40(48-39(29)32-19-17-30(28-44)18-20-32)35-13-9-12-34(25-35)33-11-8-10-31(24-33)26-42-49(45,46)37-15-4-3-5-16-37/h3-20,22,24-25,29,38-40,42,44H,21,23,26-28H2,1-2H3/t29-,38+,39+,40+/m1/s1. The Morgan fingerprint density at radius 2 is 1.53 bits per heavy atom. The minimum absolute atomic E-state index is 0.0102. The van der Waals surface area contributed by atoms with Gasteiger partial charge in [-0.1, -0.05) is 91.9 Å². The van der Waals surface area contributed by atoms with Gasteiger partial charge in [-0.05, 0) is 71.3 Å². The predicted molar refractivity (Wildman–Crippen MR) is 191 cm³/mol. The molecule has 0 saturated carbocycles. The molecule has 4 aromatic carbocycles. The van der Waals surface area contributed by atoms with E-state index in [2.05, 4.69) is 40.7 Å². The summed E-state index contributed by atoms with van der Waals surface area (Å²) in [7, 11) is -1.51. The van der Waals surface area contributed by atoms with Gasteiger partial charge < -0.3 is 19.5 Å². The zero-order valence-electron chi connectivity index (χ0n) is 27.9. The first kappa shape index (κ1) is 34.6. The lowest BCUT2D eigenvalue weighted by molar-refractivity contribution is -0.275. The third-order valence-corrected chi connectivity index (χ3v) is 10.4. The monoisotopic (exact) mass is 677 g/mol. The number of rotatable bonds is 13. The van der Waals surface area contributed by atoms with Crippen molar-refractivity contribution in [3.63, 3.8) is 0 Å². The van der Waals surface area contributed by atoms with Crippen LogP contribution in [0.15, 0.2) is 132 Å². The summed E-state index contributed by atoms with van der Waals surface area (Å²) in [4.78, 5) is 7.00. The van der Waals surface area contributed by atoms with Crippen LogP contribution in [-0.2, 0) is 39.1 Å². The Balaban J connectivity index is 1.21. The molecule has 0 radical (unpaired) electrons. The van der Waals surface area contributed by atoms with Crippen molar-refractivity contribution in [1.82, 2.24) is 14.6 Å². The van der Waals surface area contributed by atoms with Crippen LogP contribution in [0.3, 0.4) is 0 Å². The number of pyridine rings is 1. The number of aliphatic hydroxyl groups excluding tert-OH is 1. The van der Waals surface area contributed by atoms with E-state index in [1.165, 1.54) is 0 Å². The highest BCUT2D eigenvalue weighted by Gasteiger charge is 2.39. The van der Waals surface area contributed by atoms with Gasteiger partial charge in [-0.2, -0.15) is 0 Å². The molecule has 0 bridgehead atoms. The van der Waals surface area contributed by atoms with Gasteiger partial charge in [-0.15, -0.1) is 0 Å². The van der Waals surface area contributed by atoms with E-state index in [1.54, 1.807) is 30.3 Å². The molecule has 0 spiro atoms. The predicted octanol–water partition coefficient (Wildman–Crippen LogP) is 6.69. The van der Waals surface area contributed by atoms with Gasteiger partial charge in [0.1, 0.15) is 0 Å². The van der Waals surface area contributed by atoms with Gasteiger partial charge in [0.2, 0.25) is 10.0 Å². The fourth-order valence-electron chi connectivity index (χ4n) is 6.16. The molecular weight excluding hydrogens is 635 g/mol. The fourth-order valence-corrected chi connectivity index (χ4v) is 7.20. The van der Waals surface area contributed by atoms with E-state index in [1.807, 2.05) is 85.1 Å². The molecule has 2 N–H and O–H groups in total. The Morgan fingerprint density at radius 1 is 0.796 bits per heavy atom. The van der Waals surface area contributed by atoms with E-state index in [4.69, 9.17) is 9.47 Å². The number of hydrogen-bond donors (Lipinski definition) is 2. The number of nitrogens with one attached hydrogen (secondary N) is 1. The minimum atomic E-state index is -3.63. The SMILES string of the molecule is C[C@@H]1[C@H](CN(C)CCc2ccccn2)O[C@H](c2cccc(-c3cccc(CNS(=O)(=O)c4ccccc4)c3)c2)O[C@@H]1c1ccc(CO)cc1. The van der Waals surface area contributed by atoms with Crippen LogP contribution < -0.4 is 4.72 Å². The lowest BCUT2D eigenvalue weighted by atomic mass is 9.90. The molecule has 8 nitrogen and oxygen atoms in total. The molecule has 49 heavy (non-hydrogen) atoms. The second-order valence-electron chi connectivity index (χ2n) is 12.6. The van der Waals surface area contributed by atoms with Crippen LogP contribution in [0, 0.1) is 5.92 Å². The van der Waals surface area contributed by atoms with E-state index in [0.717, 1.165) is 58.6 Å². The normalized spacial score (nSPS) is 19.6. The highest BCUT2D eigenvalue weighted by molar-refractivity contribution is 7.89. The molecule has 6 rings (SSSR count). The molecule has 1 aromatic heterocycles. The van der Waals surface area contributed by atoms with E-state index in [-0.39, 0.29) is 36.2 Å². The van der Waals surface area contributed by atoms with Gasteiger partial charge in [0.05, 0.1) is 23.7 Å². The Hall–Kier alpha value is -4.22. The molecule has 1 saturated heterocycles. The van der Waals surface area contributed by atoms with Crippen LogP contribution >= 0.6 is 0 Å². The van der Waals surface area contributed by atoms with Crippen LogP contribution in [-0.4, -0.2) is 49.6 Å². The average molecular weight is 678 g/mol. The Labute approximate surface area is 289 Å². The minimum Gasteiger partial charge on any atom is -0.392 e. The summed E-state index contributed by atoms with van der Waals surface area (Å²) in [6.45, 7) is 3.90. The summed E-state index contributed by atoms with van der Waals surface area (Å²) >= 11 is 0. The number of ether oxygens (including phenoxy) is 2. The third kappa shape index (κ3) is 8.88. The van der Waals surface area contributed by atoms with Crippen LogP contribution in [0.25, 0.3) is 11.1 Å². The van der Waals surface area contributed by atoms with E-state index in [9.17, 15) is 13.5 Å². The number of benzene rings is 4. The summed E-state index contributed by atoms with van der Waals surface area (Å²) in [5.41, 5.74) is 6.65. The summed E-state index contributed by atoms with van der Waals surface area (Å²) in [5.74, 6) is 0.0630. The molecule has 0 unspecified atom stereocenters. The quantitative estimate of drug-likeness (QED) is 0.143. The lowest BCUT2D eigenvalue weighted by Gasteiger charge is -2.42. The van der Waals surface area contributed by atoms with Gasteiger partial charge >= 0.3 is 0 Å². The molecule has 5 aromatic rings. The Morgan fingerprint density at radius 3 is 2.27 bits per heavy atom. The fraction of sp³-hybridized carbons (Fsp3) is 0.275. The molecule has 0 aliphatic carbocycles. The molecular formula is C40H43N3O5S. The first-order valence-electron chi connectivity index (χ1n) is 16.6. The van der Waals surface area contributed by atoms with Crippen molar-refractivity contribution in [2.24, 2.45) is 5.92 Å². The molecule has 254 valence electrons. The van der Waals surface area contributed by atoms with Gasteiger partial charge in [0.25, 0.3) is 0 Å². The van der Waals surface area contributed by atoms with Gasteiger partial charge in [-0.3, -0.25) is 4.98 Å². The summed E-state index contributed by atoms with van der Waals surface area (Å²) in [6.07, 6.45) is 1.74. The van der Waals surface area contributed by atoms with Crippen LogP contribution in [0.5, 0.6) is 0 Å². The molecule has 2 heterocycles. The van der Waals surface area contributed by atoms with E-state index in [0.29, 0.717) is 0 Å². The maximum absolute atomic E-state index is 12.8. The molecule has 1 fully saturated rings. The second kappa shape index (κ2) is 16.0. The van der Waals surface area contributed by atoms with Crippen molar-refractivity contribution in [1.29, 1.82) is 0 Å². The maximum Gasteiger partial charge on any atom is 0.240 e. The number of nitrogens with zero attached hydrogens (tertiary/aromatic N) is 2. The number of likely N-dealkylation sites (N-methyl/N-ethyl adjacent to an activating group) is 1. The number of aliphatic hydroxyl groups is 1. The zero-order chi connectivity index (χ0) is 34.2. The van der Waals surface area contributed by atoms with Crippen LogP contribution in [0.1, 0.15) is 47.3 Å². The van der Waals surface area contributed by atoms with Crippen molar-refractivity contribution < 1.29 is 23.0 Å². The van der Waals surface area contributed by atoms with Crippen molar-refractivity contribution in [2.75, 3.05) is 20.1 Å². The Bertz CT molecular complexity index is 1910. The zero-order valence-corrected chi connectivity index (χ0v) is 28.7. The van der Waals surface area contributed by atoms with Crippen molar-refractivity contribution in [3.05, 3.63) is 155 Å². The van der Waals surface area contributed by atoms with Crippen molar-refractivity contribution >= 4 is 10.0 Å². The molecule has 1 aliphatic rings. The topological polar surface area (TPSA) is 101 Å². The summed E-state index contributed by atoms with van der Waals surface area (Å²) in [5, 5.41) is 9.61. The number of aromatic nitrogens is 1. The van der Waals surface area contributed by atoms with E-state index < -0.39 is 16.3 Å². The van der Waals surface area contributed by atoms with Gasteiger partial charge in [0, 0.05) is 49.4 Å². The average Bonchev–Trinajstić information content (AvgIpc) is 3.15. The highest BCUT2D eigenvalue weighted by atomic mass is 32.2. The van der Waals surface area contributed by atoms with E-state index >= 15 is 0 Å². The maximum atomic E-state index is 12.8. The van der Waals surface area contributed by atoms with Crippen molar-refractivity contribution in [2.45, 2.75) is 49.9 Å². The molecule has 1 aliphatic heterocycles. The molecule has 4 atom stereocenters. The Kier molecular flexibility index (Phi) is 11.3. The third-order valence-electron chi connectivity index (χ3n) is 9.03. The molecule has 9 heteroatoms. The lowest BCUT2D eigenvalue weighted by Crippen LogP contribution is -2.43. The molecule has 0 amide bonds. The van der Waals surface area contributed by atoms with Crippen molar-refractivity contribution in [3.8, 4) is 11.1 Å². The smallest absolute Gasteiger partial charge is 0.240 e. The van der Waals surface area contributed by atoms with Crippen LogP contribution in [0.2, 0.25) is 0 Å². The largest absolute Gasteiger partial charge is 0.392 e. The first-order valence-corrected chi connectivity index (χ1v) is 18.1.